The van der Waals surface area contributed by atoms with Crippen LogP contribution < -0.4 is 10.6 Å². The number of aliphatic hydroxyl groups excluding tert-OH is 1. The number of carbonyl (C=O) groups excluding carboxylic acids is 1. The van der Waals surface area contributed by atoms with Crippen LogP contribution in [0.3, 0.4) is 0 Å². The van der Waals surface area contributed by atoms with Crippen LogP contribution in [0, 0.1) is 5.92 Å². The van der Waals surface area contributed by atoms with E-state index < -0.39 is 24.7 Å². The lowest BCUT2D eigenvalue weighted by Gasteiger charge is -2.22. The van der Waals surface area contributed by atoms with Crippen molar-refractivity contribution in [2.75, 3.05) is 19.7 Å². The van der Waals surface area contributed by atoms with Crippen LogP contribution in [0.2, 0.25) is 0 Å². The van der Waals surface area contributed by atoms with E-state index in [0.29, 0.717) is 19.4 Å². The first-order valence-electron chi connectivity index (χ1n) is 5.96. The van der Waals surface area contributed by atoms with Gasteiger partial charge in [-0.15, -0.1) is 0 Å². The highest BCUT2D eigenvalue weighted by atomic mass is 19.4. The van der Waals surface area contributed by atoms with Crippen LogP contribution >= 0.6 is 0 Å². The number of hydrogen-bond donors (Lipinski definition) is 3. The Morgan fingerprint density at radius 1 is 1.28 bits per heavy atom. The van der Waals surface area contributed by atoms with E-state index in [2.05, 4.69) is 10.6 Å². The number of nitrogens with one attached hydrogen (secondary N) is 2. The molecule has 0 spiro atoms. The van der Waals surface area contributed by atoms with Gasteiger partial charge in [0.2, 0.25) is 5.91 Å². The number of alkyl halides is 3. The van der Waals surface area contributed by atoms with Gasteiger partial charge in [-0.05, 0) is 18.8 Å². The fraction of sp³-hybridized carbons (Fsp3) is 0.909. The summed E-state index contributed by atoms with van der Waals surface area (Å²) in [7, 11) is 0. The topological polar surface area (TPSA) is 61.4 Å². The van der Waals surface area contributed by atoms with Gasteiger partial charge in [0.1, 0.15) is 0 Å². The van der Waals surface area contributed by atoms with Crippen molar-refractivity contribution < 1.29 is 23.1 Å². The number of halogens is 3. The molecule has 108 valence electrons. The Hall–Kier alpha value is -0.820. The second-order valence-electron chi connectivity index (χ2n) is 4.44. The SMILES string of the molecule is CC(C)[C@H](NCC(F)(F)F)C(=O)NCCCCO. The van der Waals surface area contributed by atoms with Crippen molar-refractivity contribution in [3.05, 3.63) is 0 Å². The summed E-state index contributed by atoms with van der Waals surface area (Å²) in [5, 5.41) is 13.3. The Balaban J connectivity index is 4.12. The average Bonchev–Trinajstić information content (AvgIpc) is 2.22. The van der Waals surface area contributed by atoms with E-state index in [4.69, 9.17) is 5.11 Å². The highest BCUT2D eigenvalue weighted by molar-refractivity contribution is 5.81. The smallest absolute Gasteiger partial charge is 0.396 e. The van der Waals surface area contributed by atoms with Crippen LogP contribution in [0.4, 0.5) is 13.2 Å². The number of aliphatic hydroxyl groups is 1. The number of unbranched alkanes of at least 4 members (excludes halogenated alkanes) is 1. The molecule has 3 N–H and O–H groups in total. The van der Waals surface area contributed by atoms with Crippen molar-refractivity contribution in [1.82, 2.24) is 10.6 Å². The van der Waals surface area contributed by atoms with E-state index in [1.54, 1.807) is 13.8 Å². The van der Waals surface area contributed by atoms with Gasteiger partial charge in [-0.3, -0.25) is 10.1 Å². The third kappa shape index (κ3) is 8.30. The molecular weight excluding hydrogens is 249 g/mol. The zero-order valence-electron chi connectivity index (χ0n) is 10.7. The molecule has 0 bridgehead atoms. The highest BCUT2D eigenvalue weighted by Gasteiger charge is 2.31. The van der Waals surface area contributed by atoms with Gasteiger partial charge in [0, 0.05) is 13.2 Å². The maximum Gasteiger partial charge on any atom is 0.401 e. The van der Waals surface area contributed by atoms with Crippen LogP contribution in [-0.4, -0.2) is 42.9 Å². The fourth-order valence-corrected chi connectivity index (χ4v) is 1.42. The summed E-state index contributed by atoms with van der Waals surface area (Å²) in [6, 6.07) is -0.860. The predicted molar refractivity (Wildman–Crippen MR) is 62.0 cm³/mol. The molecule has 0 saturated carbocycles. The molecule has 0 heterocycles. The van der Waals surface area contributed by atoms with Gasteiger partial charge >= 0.3 is 6.18 Å². The predicted octanol–water partition coefficient (Wildman–Crippen LogP) is 1.05. The van der Waals surface area contributed by atoms with Crippen LogP contribution in [0.1, 0.15) is 26.7 Å². The highest BCUT2D eigenvalue weighted by Crippen LogP contribution is 2.13. The Labute approximate surface area is 105 Å². The number of carbonyl (C=O) groups is 1. The summed E-state index contributed by atoms with van der Waals surface area (Å²) in [5.74, 6) is -0.669. The van der Waals surface area contributed by atoms with Gasteiger partial charge in [0.15, 0.2) is 0 Å². The zero-order chi connectivity index (χ0) is 14.2. The Bertz CT molecular complexity index is 245. The first-order valence-corrected chi connectivity index (χ1v) is 5.96. The van der Waals surface area contributed by atoms with E-state index >= 15 is 0 Å². The van der Waals surface area contributed by atoms with Crippen LogP contribution in [0.5, 0.6) is 0 Å². The molecular formula is C11H21F3N2O2. The van der Waals surface area contributed by atoms with Gasteiger partial charge in [0.25, 0.3) is 0 Å². The monoisotopic (exact) mass is 270 g/mol. The molecule has 0 radical (unpaired) electrons. The molecule has 0 aliphatic heterocycles. The Morgan fingerprint density at radius 3 is 2.33 bits per heavy atom. The summed E-state index contributed by atoms with van der Waals surface area (Å²) < 4.78 is 36.2. The quantitative estimate of drug-likeness (QED) is 0.578. The average molecular weight is 270 g/mol. The van der Waals surface area contributed by atoms with E-state index in [1.165, 1.54) is 0 Å². The molecule has 0 saturated heterocycles. The second-order valence-corrected chi connectivity index (χ2v) is 4.44. The number of rotatable bonds is 8. The van der Waals surface area contributed by atoms with E-state index in [0.717, 1.165) is 0 Å². The van der Waals surface area contributed by atoms with Crippen molar-refractivity contribution in [2.24, 2.45) is 5.92 Å². The maximum atomic E-state index is 12.1. The number of amides is 1. The minimum Gasteiger partial charge on any atom is -0.396 e. The lowest BCUT2D eigenvalue weighted by atomic mass is 10.0. The van der Waals surface area contributed by atoms with Crippen LogP contribution in [-0.2, 0) is 4.79 Å². The Morgan fingerprint density at radius 2 is 1.89 bits per heavy atom. The van der Waals surface area contributed by atoms with Crippen molar-refractivity contribution in [1.29, 1.82) is 0 Å². The van der Waals surface area contributed by atoms with Crippen LogP contribution in [0.15, 0.2) is 0 Å². The fourth-order valence-electron chi connectivity index (χ4n) is 1.42. The molecule has 0 unspecified atom stereocenters. The van der Waals surface area contributed by atoms with Crippen LogP contribution in [0.25, 0.3) is 0 Å². The lowest BCUT2D eigenvalue weighted by molar-refractivity contribution is -0.133. The van der Waals surface area contributed by atoms with Gasteiger partial charge in [-0.2, -0.15) is 13.2 Å². The molecule has 0 fully saturated rings. The molecule has 1 atom stereocenters. The third-order valence-corrected chi connectivity index (χ3v) is 2.36. The molecule has 0 aliphatic carbocycles. The molecule has 0 aromatic heterocycles. The summed E-state index contributed by atoms with van der Waals surface area (Å²) in [4.78, 5) is 11.7. The maximum absolute atomic E-state index is 12.1. The normalized spacial score (nSPS) is 13.7. The van der Waals surface area contributed by atoms with Crippen molar-refractivity contribution >= 4 is 5.91 Å². The van der Waals surface area contributed by atoms with E-state index in [-0.39, 0.29) is 12.5 Å². The van der Waals surface area contributed by atoms with Gasteiger partial charge in [-0.1, -0.05) is 13.8 Å². The van der Waals surface area contributed by atoms with Crippen molar-refractivity contribution in [3.8, 4) is 0 Å². The van der Waals surface area contributed by atoms with Crippen molar-refractivity contribution in [2.45, 2.75) is 38.9 Å². The number of hydrogen-bond acceptors (Lipinski definition) is 3. The zero-order valence-corrected chi connectivity index (χ0v) is 10.7. The molecule has 4 nitrogen and oxygen atoms in total. The first-order chi connectivity index (χ1) is 8.28. The first kappa shape index (κ1) is 17.2. The lowest BCUT2D eigenvalue weighted by Crippen LogP contribution is -2.50. The second kappa shape index (κ2) is 8.31. The largest absolute Gasteiger partial charge is 0.401 e. The molecule has 1 amide bonds. The molecule has 0 rings (SSSR count). The Kier molecular flexibility index (Phi) is 7.93. The minimum absolute atomic E-state index is 0.0375. The van der Waals surface area contributed by atoms with Gasteiger partial charge < -0.3 is 10.4 Å². The summed E-state index contributed by atoms with van der Waals surface area (Å²) in [5.41, 5.74) is 0. The molecule has 0 aliphatic rings. The van der Waals surface area contributed by atoms with Gasteiger partial charge in [0.05, 0.1) is 12.6 Å². The summed E-state index contributed by atoms with van der Waals surface area (Å²) in [6.07, 6.45) is -3.17. The standard InChI is InChI=1S/C11H21F3N2O2/c1-8(2)9(16-7-11(12,13)14)10(18)15-5-3-4-6-17/h8-9,16-17H,3-7H2,1-2H3,(H,15,18)/t9-/m0/s1. The van der Waals surface area contributed by atoms with E-state index in [1.807, 2.05) is 0 Å². The van der Waals surface area contributed by atoms with E-state index in [9.17, 15) is 18.0 Å². The minimum atomic E-state index is -4.33. The van der Waals surface area contributed by atoms with Crippen molar-refractivity contribution in [3.63, 3.8) is 0 Å². The molecule has 0 aromatic carbocycles. The molecule has 0 aromatic rings. The molecule has 18 heavy (non-hydrogen) atoms. The third-order valence-electron chi connectivity index (χ3n) is 2.36. The van der Waals surface area contributed by atoms with Gasteiger partial charge in [-0.25, -0.2) is 0 Å². The molecule has 7 heteroatoms. The summed E-state index contributed by atoms with van der Waals surface area (Å²) in [6.45, 7) is 2.58. The summed E-state index contributed by atoms with van der Waals surface area (Å²) >= 11 is 0.